The summed E-state index contributed by atoms with van der Waals surface area (Å²) < 4.78 is 1.53. The van der Waals surface area contributed by atoms with Crippen molar-refractivity contribution in [1.29, 1.82) is 0 Å². The highest BCUT2D eigenvalue weighted by molar-refractivity contribution is 5.75. The van der Waals surface area contributed by atoms with Crippen LogP contribution in [-0.4, -0.2) is 46.8 Å². The van der Waals surface area contributed by atoms with Crippen LogP contribution in [-0.2, 0) is 11.3 Å². The second kappa shape index (κ2) is 7.00. The first kappa shape index (κ1) is 14.5. The van der Waals surface area contributed by atoms with Gasteiger partial charge in [0, 0.05) is 18.8 Å². The van der Waals surface area contributed by atoms with Crippen LogP contribution in [0.1, 0.15) is 20.3 Å². The first-order valence-electron chi connectivity index (χ1n) is 6.24. The summed E-state index contributed by atoms with van der Waals surface area (Å²) in [6.07, 6.45) is 4.12. The number of carbonyl (C=O) groups is 1. The van der Waals surface area contributed by atoms with Crippen LogP contribution in [0.2, 0.25) is 0 Å². The molecule has 0 atom stereocenters. The van der Waals surface area contributed by atoms with Crippen molar-refractivity contribution >= 4 is 11.6 Å². The number of nitrogens with two attached hydrogens (primary N) is 1. The van der Waals surface area contributed by atoms with Crippen molar-refractivity contribution < 1.29 is 4.79 Å². The molecule has 0 unspecified atom stereocenters. The molecule has 6 nitrogen and oxygen atoms in total. The minimum atomic E-state index is -0.0368. The van der Waals surface area contributed by atoms with E-state index in [2.05, 4.69) is 36.2 Å². The van der Waals surface area contributed by atoms with Crippen molar-refractivity contribution in [3.05, 3.63) is 12.4 Å². The molecule has 0 aliphatic carbocycles. The number of carbonyl (C=O) groups excluding carboxylic acids is 1. The van der Waals surface area contributed by atoms with E-state index in [1.165, 1.54) is 10.9 Å². The maximum Gasteiger partial charge on any atom is 0.241 e. The van der Waals surface area contributed by atoms with E-state index in [1.54, 1.807) is 6.20 Å². The molecule has 102 valence electrons. The molecule has 0 saturated heterocycles. The fraction of sp³-hybridized carbons (Fsp3) is 0.667. The Morgan fingerprint density at radius 3 is 2.89 bits per heavy atom. The Morgan fingerprint density at radius 2 is 2.33 bits per heavy atom. The van der Waals surface area contributed by atoms with Crippen molar-refractivity contribution in [2.24, 2.45) is 0 Å². The summed E-state index contributed by atoms with van der Waals surface area (Å²) >= 11 is 0. The van der Waals surface area contributed by atoms with E-state index in [1.807, 2.05) is 0 Å². The van der Waals surface area contributed by atoms with Crippen LogP contribution in [0.4, 0.5) is 5.69 Å². The van der Waals surface area contributed by atoms with Crippen LogP contribution in [0.5, 0.6) is 0 Å². The van der Waals surface area contributed by atoms with Gasteiger partial charge in [-0.15, -0.1) is 0 Å². The van der Waals surface area contributed by atoms with Gasteiger partial charge in [-0.05, 0) is 33.9 Å². The molecule has 0 aromatic carbocycles. The Hall–Kier alpha value is -1.56. The molecule has 0 spiro atoms. The number of amides is 1. The van der Waals surface area contributed by atoms with Crippen molar-refractivity contribution in [2.75, 3.05) is 25.9 Å². The lowest BCUT2D eigenvalue weighted by Gasteiger charge is -2.20. The largest absolute Gasteiger partial charge is 0.396 e. The van der Waals surface area contributed by atoms with Gasteiger partial charge < -0.3 is 16.0 Å². The average molecular weight is 253 g/mol. The fourth-order valence-electron chi connectivity index (χ4n) is 1.48. The number of rotatable bonds is 7. The maximum absolute atomic E-state index is 11.6. The number of hydrogen-bond donors (Lipinski definition) is 2. The third kappa shape index (κ3) is 5.18. The molecule has 1 amide bonds. The highest BCUT2D eigenvalue weighted by Gasteiger charge is 2.05. The topological polar surface area (TPSA) is 76.2 Å². The van der Waals surface area contributed by atoms with E-state index < -0.39 is 0 Å². The van der Waals surface area contributed by atoms with Gasteiger partial charge in [-0.2, -0.15) is 5.10 Å². The summed E-state index contributed by atoms with van der Waals surface area (Å²) in [5.74, 6) is -0.0368. The quantitative estimate of drug-likeness (QED) is 0.686. The van der Waals surface area contributed by atoms with Gasteiger partial charge in [-0.25, -0.2) is 0 Å². The molecule has 1 rings (SSSR count). The summed E-state index contributed by atoms with van der Waals surface area (Å²) in [6.45, 7) is 6.19. The number of aromatic nitrogens is 2. The Bertz CT molecular complexity index is 374. The molecule has 1 aromatic rings. The van der Waals surface area contributed by atoms with Crippen LogP contribution in [0, 0.1) is 0 Å². The predicted molar refractivity (Wildman–Crippen MR) is 72.0 cm³/mol. The molecule has 0 aliphatic heterocycles. The molecule has 3 N–H and O–H groups in total. The summed E-state index contributed by atoms with van der Waals surface area (Å²) in [6, 6.07) is 0.535. The molecule has 6 heteroatoms. The first-order chi connectivity index (χ1) is 8.49. The van der Waals surface area contributed by atoms with E-state index in [0.717, 1.165) is 13.0 Å². The zero-order valence-corrected chi connectivity index (χ0v) is 11.4. The van der Waals surface area contributed by atoms with Crippen molar-refractivity contribution in [1.82, 2.24) is 20.0 Å². The normalized spacial score (nSPS) is 11.2. The number of nitrogens with one attached hydrogen (secondary N) is 1. The number of hydrogen-bond acceptors (Lipinski definition) is 4. The van der Waals surface area contributed by atoms with Gasteiger partial charge in [0.25, 0.3) is 0 Å². The predicted octanol–water partition coefficient (Wildman–Crippen LogP) is 0.312. The smallest absolute Gasteiger partial charge is 0.241 e. The third-order valence-corrected chi connectivity index (χ3v) is 2.85. The monoisotopic (exact) mass is 253 g/mol. The lowest BCUT2D eigenvalue weighted by molar-refractivity contribution is -0.121. The summed E-state index contributed by atoms with van der Waals surface area (Å²) in [5.41, 5.74) is 6.09. The van der Waals surface area contributed by atoms with Crippen LogP contribution < -0.4 is 11.1 Å². The van der Waals surface area contributed by atoms with Crippen molar-refractivity contribution in [3.8, 4) is 0 Å². The Kier molecular flexibility index (Phi) is 5.64. The van der Waals surface area contributed by atoms with Gasteiger partial charge in [0.1, 0.15) is 6.54 Å². The fourth-order valence-corrected chi connectivity index (χ4v) is 1.48. The zero-order valence-electron chi connectivity index (χ0n) is 11.4. The maximum atomic E-state index is 11.6. The van der Waals surface area contributed by atoms with Crippen molar-refractivity contribution in [3.63, 3.8) is 0 Å². The van der Waals surface area contributed by atoms with E-state index in [0.29, 0.717) is 18.3 Å². The zero-order chi connectivity index (χ0) is 13.5. The summed E-state index contributed by atoms with van der Waals surface area (Å²) in [7, 11) is 2.08. The summed E-state index contributed by atoms with van der Waals surface area (Å²) in [5, 5.41) is 6.83. The van der Waals surface area contributed by atoms with Crippen molar-refractivity contribution in [2.45, 2.75) is 32.9 Å². The lowest BCUT2D eigenvalue weighted by Crippen LogP contribution is -2.32. The molecule has 0 fully saturated rings. The minimum absolute atomic E-state index is 0.0368. The molecule has 0 saturated carbocycles. The number of anilines is 1. The Labute approximate surface area is 108 Å². The average Bonchev–Trinajstić information content (AvgIpc) is 2.69. The van der Waals surface area contributed by atoms with Gasteiger partial charge in [0.2, 0.25) is 5.91 Å². The molecular formula is C12H23N5O. The molecule has 18 heavy (non-hydrogen) atoms. The Balaban J connectivity index is 2.14. The minimum Gasteiger partial charge on any atom is -0.396 e. The van der Waals surface area contributed by atoms with E-state index in [9.17, 15) is 4.79 Å². The second-order valence-electron chi connectivity index (χ2n) is 4.75. The van der Waals surface area contributed by atoms with Crippen LogP contribution in [0.15, 0.2) is 12.4 Å². The molecule has 0 bridgehead atoms. The molecule has 0 radical (unpaired) electrons. The molecular weight excluding hydrogens is 230 g/mol. The summed E-state index contributed by atoms with van der Waals surface area (Å²) in [4.78, 5) is 13.8. The molecule has 1 aromatic heterocycles. The highest BCUT2D eigenvalue weighted by Crippen LogP contribution is 1.97. The molecule has 1 heterocycles. The third-order valence-electron chi connectivity index (χ3n) is 2.85. The lowest BCUT2D eigenvalue weighted by atomic mass is 10.3. The van der Waals surface area contributed by atoms with Crippen LogP contribution in [0.25, 0.3) is 0 Å². The number of nitrogens with zero attached hydrogens (tertiary/aromatic N) is 3. The van der Waals surface area contributed by atoms with Crippen LogP contribution >= 0.6 is 0 Å². The SMILES string of the molecule is CC(C)N(C)CCCNC(=O)Cn1cc(N)cn1. The van der Waals surface area contributed by atoms with E-state index in [-0.39, 0.29) is 12.5 Å². The second-order valence-corrected chi connectivity index (χ2v) is 4.75. The van der Waals surface area contributed by atoms with Gasteiger partial charge >= 0.3 is 0 Å². The van der Waals surface area contributed by atoms with E-state index in [4.69, 9.17) is 5.73 Å². The highest BCUT2D eigenvalue weighted by atomic mass is 16.2. The number of nitrogen functional groups attached to an aromatic ring is 1. The standard InChI is InChI=1S/C12H23N5O/c1-10(2)16(3)6-4-5-14-12(18)9-17-8-11(13)7-15-17/h7-8,10H,4-6,9,13H2,1-3H3,(H,14,18). The van der Waals surface area contributed by atoms with Crippen LogP contribution in [0.3, 0.4) is 0 Å². The molecule has 0 aliphatic rings. The van der Waals surface area contributed by atoms with Gasteiger partial charge in [-0.1, -0.05) is 0 Å². The first-order valence-corrected chi connectivity index (χ1v) is 6.24. The Morgan fingerprint density at radius 1 is 1.61 bits per heavy atom. The van der Waals surface area contributed by atoms with Gasteiger partial charge in [-0.3, -0.25) is 9.48 Å². The van der Waals surface area contributed by atoms with Gasteiger partial charge in [0.05, 0.1) is 11.9 Å². The van der Waals surface area contributed by atoms with Gasteiger partial charge in [0.15, 0.2) is 0 Å². The van der Waals surface area contributed by atoms with E-state index >= 15 is 0 Å².